The number of aliphatic imine (C=N–C) groups is 2. The summed E-state index contributed by atoms with van der Waals surface area (Å²) < 4.78 is 24.0. The zero-order valence-corrected chi connectivity index (χ0v) is 19.7. The minimum absolute atomic E-state index is 0.0331. The van der Waals surface area contributed by atoms with Crippen LogP contribution >= 0.6 is 0 Å². The number of phenolic OH excluding ortho intramolecular Hbond substituents is 2. The molecule has 0 bridgehead atoms. The molecule has 0 heterocycles. The van der Waals surface area contributed by atoms with Gasteiger partial charge in [0, 0.05) is 23.6 Å². The Bertz CT molecular complexity index is 1790. The summed E-state index contributed by atoms with van der Waals surface area (Å²) in [4.78, 5) is 8.87. The molecule has 178 valence electrons. The smallest absolute Gasteiger partial charge is 0.238 e. The predicted octanol–water partition coefficient (Wildman–Crippen LogP) is 5.55. The highest BCUT2D eigenvalue weighted by molar-refractivity contribution is 7.89. The standard InChI is InChI=1S/C28H21N3O4S/c29-36(34,35)20-11-12-25(30-16-23-21-7-3-1-5-18(21)9-13-27(23)32)26(15-20)31-17-24-22-8-4-2-6-19(22)10-14-28(24)33/h1-17,32-33H,(H2,29,34,35). The van der Waals surface area contributed by atoms with Gasteiger partial charge in [-0.3, -0.25) is 9.98 Å². The van der Waals surface area contributed by atoms with Gasteiger partial charge < -0.3 is 10.2 Å². The van der Waals surface area contributed by atoms with Crippen LogP contribution in [0.3, 0.4) is 0 Å². The van der Waals surface area contributed by atoms with E-state index < -0.39 is 10.0 Å². The highest BCUT2D eigenvalue weighted by atomic mass is 32.2. The second-order valence-electron chi connectivity index (χ2n) is 8.15. The highest BCUT2D eigenvalue weighted by Crippen LogP contribution is 2.33. The highest BCUT2D eigenvalue weighted by Gasteiger charge is 2.12. The summed E-state index contributed by atoms with van der Waals surface area (Å²) in [6.45, 7) is 0. The van der Waals surface area contributed by atoms with Gasteiger partial charge in [-0.05, 0) is 51.9 Å². The van der Waals surface area contributed by atoms with Crippen molar-refractivity contribution in [2.24, 2.45) is 15.1 Å². The van der Waals surface area contributed by atoms with Gasteiger partial charge in [-0.2, -0.15) is 0 Å². The number of nitrogens with zero attached hydrogens (tertiary/aromatic N) is 2. The summed E-state index contributed by atoms with van der Waals surface area (Å²) in [6, 6.07) is 26.1. The first-order chi connectivity index (χ1) is 17.3. The van der Waals surface area contributed by atoms with E-state index in [1.807, 2.05) is 54.6 Å². The molecule has 0 unspecified atom stereocenters. The molecule has 0 aromatic heterocycles. The van der Waals surface area contributed by atoms with E-state index in [0.717, 1.165) is 21.5 Å². The topological polar surface area (TPSA) is 125 Å². The molecule has 5 aromatic rings. The van der Waals surface area contributed by atoms with Gasteiger partial charge in [-0.1, -0.05) is 60.7 Å². The molecule has 0 aliphatic carbocycles. The van der Waals surface area contributed by atoms with Crippen molar-refractivity contribution in [3.8, 4) is 11.5 Å². The van der Waals surface area contributed by atoms with Crippen LogP contribution in [0.4, 0.5) is 11.4 Å². The van der Waals surface area contributed by atoms with E-state index in [9.17, 15) is 18.6 Å². The Kier molecular flexibility index (Phi) is 5.97. The van der Waals surface area contributed by atoms with E-state index in [4.69, 9.17) is 5.14 Å². The number of nitrogens with two attached hydrogens (primary N) is 1. The maximum absolute atomic E-state index is 12.0. The molecule has 0 spiro atoms. The summed E-state index contributed by atoms with van der Waals surface area (Å²) in [5, 5.41) is 29.7. The van der Waals surface area contributed by atoms with Crippen LogP contribution in [0.5, 0.6) is 11.5 Å². The molecule has 0 aliphatic heterocycles. The first-order valence-electron chi connectivity index (χ1n) is 11.0. The third kappa shape index (κ3) is 4.55. The van der Waals surface area contributed by atoms with E-state index in [1.165, 1.54) is 30.6 Å². The van der Waals surface area contributed by atoms with Crippen molar-refractivity contribution in [2.45, 2.75) is 4.90 Å². The van der Waals surface area contributed by atoms with Crippen molar-refractivity contribution in [2.75, 3.05) is 0 Å². The largest absolute Gasteiger partial charge is 0.507 e. The van der Waals surface area contributed by atoms with Crippen molar-refractivity contribution >= 4 is 55.4 Å². The van der Waals surface area contributed by atoms with Crippen LogP contribution < -0.4 is 5.14 Å². The second kappa shape index (κ2) is 9.26. The lowest BCUT2D eigenvalue weighted by Gasteiger charge is -2.07. The fourth-order valence-corrected chi connectivity index (χ4v) is 4.53. The number of aromatic hydroxyl groups is 2. The van der Waals surface area contributed by atoms with Gasteiger partial charge in [0.05, 0.1) is 16.3 Å². The fraction of sp³-hybridized carbons (Fsp3) is 0. The third-order valence-electron chi connectivity index (χ3n) is 5.84. The van der Waals surface area contributed by atoms with Gasteiger partial charge in [0.2, 0.25) is 10.0 Å². The van der Waals surface area contributed by atoms with Crippen molar-refractivity contribution in [3.05, 3.63) is 102 Å². The summed E-state index contributed by atoms with van der Waals surface area (Å²) >= 11 is 0. The zero-order chi connectivity index (χ0) is 25.3. The van der Waals surface area contributed by atoms with Crippen LogP contribution in [0.25, 0.3) is 21.5 Å². The molecule has 0 fully saturated rings. The molecule has 8 heteroatoms. The minimum atomic E-state index is -3.99. The van der Waals surface area contributed by atoms with Crippen molar-refractivity contribution in [1.29, 1.82) is 0 Å². The summed E-state index contributed by atoms with van der Waals surface area (Å²) in [5.41, 5.74) is 1.58. The minimum Gasteiger partial charge on any atom is -0.507 e. The Hall–Kier alpha value is -4.53. The molecule has 0 saturated heterocycles. The number of fused-ring (bicyclic) bond motifs is 2. The van der Waals surface area contributed by atoms with Gasteiger partial charge in [0.1, 0.15) is 11.5 Å². The molecule has 0 atom stereocenters. The number of hydrogen-bond acceptors (Lipinski definition) is 6. The average Bonchev–Trinajstić information content (AvgIpc) is 2.87. The Labute approximate surface area is 207 Å². The molecule has 0 saturated carbocycles. The van der Waals surface area contributed by atoms with Crippen LogP contribution in [0.2, 0.25) is 0 Å². The fourth-order valence-electron chi connectivity index (χ4n) is 4.00. The van der Waals surface area contributed by atoms with Gasteiger partial charge in [0.25, 0.3) is 0 Å². The monoisotopic (exact) mass is 495 g/mol. The average molecular weight is 496 g/mol. The molecule has 0 aliphatic rings. The molecule has 5 aromatic carbocycles. The van der Waals surface area contributed by atoms with E-state index in [0.29, 0.717) is 16.8 Å². The normalized spacial score (nSPS) is 12.2. The van der Waals surface area contributed by atoms with E-state index in [2.05, 4.69) is 9.98 Å². The molecule has 0 radical (unpaired) electrons. The van der Waals surface area contributed by atoms with Crippen molar-refractivity contribution in [1.82, 2.24) is 0 Å². The van der Waals surface area contributed by atoms with Gasteiger partial charge in [0.15, 0.2) is 0 Å². The van der Waals surface area contributed by atoms with Crippen LogP contribution in [0.1, 0.15) is 11.1 Å². The number of primary sulfonamides is 1. The SMILES string of the molecule is NS(=O)(=O)c1ccc(N=Cc2c(O)ccc3ccccc23)c(N=Cc2c(O)ccc3ccccc23)c1. The lowest BCUT2D eigenvalue weighted by Crippen LogP contribution is -2.11. The third-order valence-corrected chi connectivity index (χ3v) is 6.75. The zero-order valence-electron chi connectivity index (χ0n) is 18.9. The number of phenols is 2. The van der Waals surface area contributed by atoms with Crippen molar-refractivity contribution < 1.29 is 18.6 Å². The maximum atomic E-state index is 12.0. The Morgan fingerprint density at radius 3 is 1.67 bits per heavy atom. The van der Waals surface area contributed by atoms with E-state index in [-0.39, 0.29) is 22.1 Å². The second-order valence-corrected chi connectivity index (χ2v) is 9.71. The molecule has 7 nitrogen and oxygen atoms in total. The van der Waals surface area contributed by atoms with Crippen molar-refractivity contribution in [3.63, 3.8) is 0 Å². The van der Waals surface area contributed by atoms with Crippen LogP contribution in [-0.2, 0) is 10.0 Å². The Morgan fingerprint density at radius 1 is 0.639 bits per heavy atom. The van der Waals surface area contributed by atoms with Crippen LogP contribution in [0.15, 0.2) is 106 Å². The van der Waals surface area contributed by atoms with Gasteiger partial charge in [-0.15, -0.1) is 0 Å². The van der Waals surface area contributed by atoms with E-state index in [1.54, 1.807) is 18.2 Å². The van der Waals surface area contributed by atoms with Gasteiger partial charge in [-0.25, -0.2) is 13.6 Å². The van der Waals surface area contributed by atoms with E-state index >= 15 is 0 Å². The summed E-state index contributed by atoms with van der Waals surface area (Å²) in [6.07, 6.45) is 2.98. The molecular weight excluding hydrogens is 474 g/mol. The Morgan fingerprint density at radius 2 is 1.14 bits per heavy atom. The molecule has 36 heavy (non-hydrogen) atoms. The summed E-state index contributed by atoms with van der Waals surface area (Å²) in [7, 11) is -3.99. The molecular formula is C28H21N3O4S. The first-order valence-corrected chi connectivity index (χ1v) is 12.5. The molecule has 4 N–H and O–H groups in total. The number of hydrogen-bond donors (Lipinski definition) is 3. The lowest BCUT2D eigenvalue weighted by atomic mass is 10.0. The molecule has 0 amide bonds. The predicted molar refractivity (Wildman–Crippen MR) is 144 cm³/mol. The number of benzene rings is 5. The first kappa shape index (κ1) is 23.2. The Balaban J connectivity index is 1.63. The number of rotatable bonds is 5. The van der Waals surface area contributed by atoms with Crippen LogP contribution in [0, 0.1) is 0 Å². The maximum Gasteiger partial charge on any atom is 0.238 e. The lowest BCUT2D eigenvalue weighted by molar-refractivity contribution is 0.475. The number of sulfonamides is 1. The quantitative estimate of drug-likeness (QED) is 0.276. The van der Waals surface area contributed by atoms with Gasteiger partial charge >= 0.3 is 0 Å². The molecule has 5 rings (SSSR count). The van der Waals surface area contributed by atoms with Crippen LogP contribution in [-0.4, -0.2) is 31.1 Å². The summed E-state index contributed by atoms with van der Waals surface area (Å²) in [5.74, 6) is 0.0927.